The van der Waals surface area contributed by atoms with Gasteiger partial charge in [-0.25, -0.2) is 0 Å². The zero-order chi connectivity index (χ0) is 9.42. The first-order chi connectivity index (χ1) is 6.20. The van der Waals surface area contributed by atoms with Crippen LogP contribution in [0.5, 0.6) is 5.75 Å². The summed E-state index contributed by atoms with van der Waals surface area (Å²) in [6.45, 7) is 0. The number of hydrogen-bond acceptors (Lipinski definition) is 5. The van der Waals surface area contributed by atoms with Gasteiger partial charge >= 0.3 is 5.69 Å². The molecule has 0 unspecified atom stereocenters. The molecule has 0 aliphatic rings. The molecular formula is C6H4AgN4O3. The average Bonchev–Trinajstić information content (AvgIpc) is 2.52. The number of aromatic nitrogens is 3. The Kier molecular flexibility index (Phi) is 2.84. The Morgan fingerprint density at radius 1 is 1.50 bits per heavy atom. The number of aromatic amines is 1. The fourth-order valence-corrected chi connectivity index (χ4v) is 1.04. The van der Waals surface area contributed by atoms with Crippen LogP contribution < -0.4 is 0 Å². The third-order valence-electron chi connectivity index (χ3n) is 1.65. The van der Waals surface area contributed by atoms with Crippen LogP contribution in [0, 0.1) is 10.1 Å². The van der Waals surface area contributed by atoms with Crippen molar-refractivity contribution < 1.29 is 32.4 Å². The zero-order valence-corrected chi connectivity index (χ0v) is 8.04. The first kappa shape index (κ1) is 10.6. The number of fused-ring (bicyclic) bond motifs is 1. The van der Waals surface area contributed by atoms with E-state index < -0.39 is 10.7 Å². The molecule has 2 N–H and O–H groups in total. The van der Waals surface area contributed by atoms with Crippen molar-refractivity contribution in [1.82, 2.24) is 15.4 Å². The van der Waals surface area contributed by atoms with E-state index in [2.05, 4.69) is 15.4 Å². The van der Waals surface area contributed by atoms with Crippen LogP contribution >= 0.6 is 0 Å². The first-order valence-corrected chi connectivity index (χ1v) is 3.37. The largest absolute Gasteiger partial charge is 0.500 e. The van der Waals surface area contributed by atoms with E-state index in [1.807, 2.05) is 0 Å². The maximum absolute atomic E-state index is 10.4. The number of phenols is 1. The molecule has 0 aliphatic carbocycles. The third kappa shape index (κ3) is 1.48. The summed E-state index contributed by atoms with van der Waals surface area (Å²) in [7, 11) is 0. The Balaban J connectivity index is 0.000000980. The number of nitro groups is 1. The summed E-state index contributed by atoms with van der Waals surface area (Å²) >= 11 is 0. The maximum Gasteiger partial charge on any atom is 0.313 e. The van der Waals surface area contributed by atoms with E-state index in [0.717, 1.165) is 0 Å². The van der Waals surface area contributed by atoms with E-state index in [4.69, 9.17) is 0 Å². The summed E-state index contributed by atoms with van der Waals surface area (Å²) in [5, 5.41) is 29.1. The fraction of sp³-hybridized carbons (Fsp3) is 0. The van der Waals surface area contributed by atoms with Gasteiger partial charge in [0.15, 0.2) is 5.52 Å². The molecule has 2 aromatic rings. The number of phenolic OH excluding ortho intramolecular Hbond substituents is 1. The predicted molar refractivity (Wildman–Crippen MR) is 42.2 cm³/mol. The van der Waals surface area contributed by atoms with Crippen molar-refractivity contribution in [3.63, 3.8) is 0 Å². The van der Waals surface area contributed by atoms with Gasteiger partial charge in [-0.2, -0.15) is 0 Å². The molecule has 0 bridgehead atoms. The standard InChI is InChI=1S/C6H4N4O3.Ag/c11-6-4(10(12)13)2-1-3-5(6)8-9-7-3;/h1-2,11H,(H,7,8,9);. The smallest absolute Gasteiger partial charge is 0.313 e. The SMILES string of the molecule is O=[N+]([O-])c1ccc2[nH]nnc2c1O.[Ag]. The second-order valence-electron chi connectivity index (χ2n) is 2.40. The molecule has 0 aliphatic heterocycles. The molecule has 0 spiro atoms. The summed E-state index contributed by atoms with van der Waals surface area (Å²) in [5.41, 5.74) is 0.193. The monoisotopic (exact) mass is 287 g/mol. The summed E-state index contributed by atoms with van der Waals surface area (Å²) in [5.74, 6) is -0.462. The number of hydrogen-bond donors (Lipinski definition) is 2. The Morgan fingerprint density at radius 2 is 2.21 bits per heavy atom. The van der Waals surface area contributed by atoms with Crippen LogP contribution in [0.2, 0.25) is 0 Å². The number of aromatic hydroxyl groups is 1. The number of nitrogens with one attached hydrogen (secondary N) is 1. The summed E-state index contributed by atoms with van der Waals surface area (Å²) in [6.07, 6.45) is 0. The van der Waals surface area contributed by atoms with Gasteiger partial charge in [0, 0.05) is 28.4 Å². The maximum atomic E-state index is 10.4. The van der Waals surface area contributed by atoms with E-state index in [-0.39, 0.29) is 33.6 Å². The minimum absolute atomic E-state index is 0. The van der Waals surface area contributed by atoms with Gasteiger partial charge in [-0.1, -0.05) is 5.21 Å². The molecule has 0 atom stereocenters. The van der Waals surface area contributed by atoms with Crippen LogP contribution in [0.3, 0.4) is 0 Å². The average molecular weight is 288 g/mol. The van der Waals surface area contributed by atoms with E-state index in [9.17, 15) is 15.2 Å². The second kappa shape index (κ2) is 3.74. The van der Waals surface area contributed by atoms with Crippen molar-refractivity contribution in [3.05, 3.63) is 22.2 Å². The summed E-state index contributed by atoms with van der Waals surface area (Å²) < 4.78 is 0. The van der Waals surface area contributed by atoms with Gasteiger partial charge in [0.1, 0.15) is 0 Å². The van der Waals surface area contributed by atoms with Crippen LogP contribution in [0.15, 0.2) is 12.1 Å². The number of rotatable bonds is 1. The van der Waals surface area contributed by atoms with Gasteiger partial charge < -0.3 is 5.11 Å². The van der Waals surface area contributed by atoms with Gasteiger partial charge in [0.2, 0.25) is 5.75 Å². The van der Waals surface area contributed by atoms with Gasteiger partial charge in [-0.15, -0.1) is 5.10 Å². The molecule has 0 amide bonds. The minimum Gasteiger partial charge on any atom is -0.500 e. The molecule has 77 valence electrons. The van der Waals surface area contributed by atoms with Gasteiger partial charge in [-0.05, 0) is 6.07 Å². The zero-order valence-electron chi connectivity index (χ0n) is 6.56. The normalized spacial score (nSPS) is 9.71. The van der Waals surface area contributed by atoms with Crippen LogP contribution in [0.1, 0.15) is 0 Å². The van der Waals surface area contributed by atoms with E-state index in [0.29, 0.717) is 5.52 Å². The third-order valence-corrected chi connectivity index (χ3v) is 1.65. The predicted octanol–water partition coefficient (Wildman–Crippen LogP) is 0.569. The van der Waals surface area contributed by atoms with Crippen molar-refractivity contribution in [2.75, 3.05) is 0 Å². The van der Waals surface area contributed by atoms with Crippen LogP contribution in [-0.4, -0.2) is 25.4 Å². The van der Waals surface area contributed by atoms with Crippen LogP contribution in [-0.2, 0) is 22.4 Å². The molecule has 7 nitrogen and oxygen atoms in total. The molecule has 14 heavy (non-hydrogen) atoms. The molecular weight excluding hydrogens is 284 g/mol. The number of benzene rings is 1. The number of H-pyrrole nitrogens is 1. The van der Waals surface area contributed by atoms with Crippen molar-refractivity contribution >= 4 is 16.7 Å². The molecule has 1 heterocycles. The van der Waals surface area contributed by atoms with Gasteiger partial charge in [-0.3, -0.25) is 15.2 Å². The Bertz CT molecular complexity index is 483. The molecule has 0 fully saturated rings. The molecule has 0 saturated heterocycles. The fourth-order valence-electron chi connectivity index (χ4n) is 1.04. The van der Waals surface area contributed by atoms with E-state index in [1.54, 1.807) is 0 Å². The molecule has 8 heteroatoms. The quantitative estimate of drug-likeness (QED) is 0.453. The molecule has 1 aromatic carbocycles. The van der Waals surface area contributed by atoms with Crippen molar-refractivity contribution in [2.45, 2.75) is 0 Å². The number of nitro benzene ring substituents is 1. The van der Waals surface area contributed by atoms with Crippen LogP contribution in [0.4, 0.5) is 5.69 Å². The van der Waals surface area contributed by atoms with E-state index in [1.165, 1.54) is 12.1 Å². The Labute approximate surface area is 92.8 Å². The topological polar surface area (TPSA) is 105 Å². The molecule has 0 saturated carbocycles. The Hall–Kier alpha value is -1.44. The Morgan fingerprint density at radius 3 is 2.86 bits per heavy atom. The van der Waals surface area contributed by atoms with E-state index >= 15 is 0 Å². The van der Waals surface area contributed by atoms with Gasteiger partial charge in [0.05, 0.1) is 10.4 Å². The summed E-state index contributed by atoms with van der Waals surface area (Å²) in [6, 6.07) is 2.63. The molecule has 1 aromatic heterocycles. The molecule has 1 radical (unpaired) electrons. The second-order valence-corrected chi connectivity index (χ2v) is 2.40. The minimum atomic E-state index is -0.677. The number of nitrogens with zero attached hydrogens (tertiary/aromatic N) is 3. The van der Waals surface area contributed by atoms with Gasteiger partial charge in [0.25, 0.3) is 0 Å². The van der Waals surface area contributed by atoms with Crippen molar-refractivity contribution in [2.24, 2.45) is 0 Å². The van der Waals surface area contributed by atoms with Crippen molar-refractivity contribution in [3.8, 4) is 5.75 Å². The summed E-state index contributed by atoms with van der Waals surface area (Å²) in [4.78, 5) is 9.70. The first-order valence-electron chi connectivity index (χ1n) is 3.37. The molecule has 2 rings (SSSR count). The van der Waals surface area contributed by atoms with Crippen molar-refractivity contribution in [1.29, 1.82) is 0 Å². The van der Waals surface area contributed by atoms with Crippen LogP contribution in [0.25, 0.3) is 11.0 Å².